The normalized spacial score (nSPS) is 20.5. The van der Waals surface area contributed by atoms with E-state index in [4.69, 9.17) is 0 Å². The number of likely N-dealkylation sites (tertiary alicyclic amines) is 1. The summed E-state index contributed by atoms with van der Waals surface area (Å²) in [6.07, 6.45) is 11.1. The fraction of sp³-hybridized carbons (Fsp3) is 1.00. The molecule has 1 aliphatic rings. The highest BCUT2D eigenvalue weighted by molar-refractivity contribution is 7.80. The Balaban J connectivity index is 1.86. The molecule has 1 saturated heterocycles. The van der Waals surface area contributed by atoms with Crippen molar-refractivity contribution in [1.82, 2.24) is 9.80 Å². The van der Waals surface area contributed by atoms with E-state index in [1.165, 1.54) is 77.5 Å². The van der Waals surface area contributed by atoms with Crippen LogP contribution in [0.2, 0.25) is 0 Å². The fourth-order valence-corrected chi connectivity index (χ4v) is 3.31. The van der Waals surface area contributed by atoms with Gasteiger partial charge >= 0.3 is 0 Å². The Morgan fingerprint density at radius 3 is 2.26 bits per heavy atom. The van der Waals surface area contributed by atoms with Gasteiger partial charge in [0.05, 0.1) is 0 Å². The Hall–Kier alpha value is 0.270. The molecule has 2 nitrogen and oxygen atoms in total. The first-order chi connectivity index (χ1) is 9.22. The topological polar surface area (TPSA) is 6.48 Å². The van der Waals surface area contributed by atoms with Gasteiger partial charge in [-0.25, -0.2) is 0 Å². The molecule has 0 aromatic heterocycles. The molecular weight excluding hydrogens is 252 g/mol. The van der Waals surface area contributed by atoms with Gasteiger partial charge in [-0.2, -0.15) is 12.6 Å². The summed E-state index contributed by atoms with van der Waals surface area (Å²) in [5.41, 5.74) is 0. The average Bonchev–Trinajstić information content (AvgIpc) is 2.78. The molecule has 0 N–H and O–H groups in total. The Labute approximate surface area is 126 Å². The van der Waals surface area contributed by atoms with E-state index in [-0.39, 0.29) is 0 Å². The first-order valence-electron chi connectivity index (χ1n) is 8.20. The Kier molecular flexibility index (Phi) is 10.0. The number of unbranched alkanes of at least 4 members (excludes halogenated alkanes) is 6. The Morgan fingerprint density at radius 2 is 1.68 bits per heavy atom. The van der Waals surface area contributed by atoms with Crippen LogP contribution in [-0.4, -0.2) is 55.8 Å². The van der Waals surface area contributed by atoms with E-state index in [2.05, 4.69) is 36.5 Å². The van der Waals surface area contributed by atoms with Gasteiger partial charge < -0.3 is 9.80 Å². The lowest BCUT2D eigenvalue weighted by Crippen LogP contribution is -2.28. The monoisotopic (exact) mass is 286 g/mol. The predicted molar refractivity (Wildman–Crippen MR) is 89.3 cm³/mol. The van der Waals surface area contributed by atoms with E-state index >= 15 is 0 Å². The minimum atomic E-state index is 0.913. The number of nitrogens with zero attached hydrogens (tertiary/aromatic N) is 2. The summed E-state index contributed by atoms with van der Waals surface area (Å²) in [7, 11) is 4.54. The van der Waals surface area contributed by atoms with E-state index in [1.807, 2.05) is 0 Å². The number of thiol groups is 1. The van der Waals surface area contributed by atoms with Crippen molar-refractivity contribution in [2.24, 2.45) is 5.92 Å². The summed E-state index contributed by atoms with van der Waals surface area (Å²) in [6, 6.07) is 0. The van der Waals surface area contributed by atoms with Gasteiger partial charge in [0.2, 0.25) is 0 Å². The molecule has 3 heteroatoms. The van der Waals surface area contributed by atoms with Gasteiger partial charge in [-0.3, -0.25) is 0 Å². The third-order valence-corrected chi connectivity index (χ3v) is 4.57. The third-order valence-electron chi connectivity index (χ3n) is 4.26. The number of hydrogen-bond donors (Lipinski definition) is 1. The van der Waals surface area contributed by atoms with Gasteiger partial charge in [0.15, 0.2) is 0 Å². The summed E-state index contributed by atoms with van der Waals surface area (Å²) in [5, 5.41) is 0. The zero-order valence-corrected chi connectivity index (χ0v) is 14.0. The van der Waals surface area contributed by atoms with E-state index in [9.17, 15) is 0 Å². The summed E-state index contributed by atoms with van der Waals surface area (Å²) in [5.74, 6) is 1.97. The van der Waals surface area contributed by atoms with E-state index in [0.29, 0.717) is 0 Å². The maximum Gasteiger partial charge on any atom is 0.00193 e. The molecule has 0 aliphatic carbocycles. The highest BCUT2D eigenvalue weighted by atomic mass is 32.1. The molecule has 1 unspecified atom stereocenters. The van der Waals surface area contributed by atoms with Crippen LogP contribution >= 0.6 is 12.6 Å². The van der Waals surface area contributed by atoms with Crippen molar-refractivity contribution in [3.63, 3.8) is 0 Å². The summed E-state index contributed by atoms with van der Waals surface area (Å²) < 4.78 is 0. The molecule has 1 atom stereocenters. The molecule has 1 heterocycles. The van der Waals surface area contributed by atoms with Crippen LogP contribution in [-0.2, 0) is 0 Å². The van der Waals surface area contributed by atoms with Crippen molar-refractivity contribution in [3.8, 4) is 0 Å². The maximum atomic E-state index is 4.25. The molecular formula is C16H34N2S. The molecule has 0 radical (unpaired) electrons. The van der Waals surface area contributed by atoms with Crippen molar-refractivity contribution >= 4 is 12.6 Å². The molecule has 0 aromatic carbocycles. The van der Waals surface area contributed by atoms with Crippen LogP contribution in [0.15, 0.2) is 0 Å². The van der Waals surface area contributed by atoms with Crippen LogP contribution in [0.4, 0.5) is 0 Å². The summed E-state index contributed by atoms with van der Waals surface area (Å²) >= 11 is 4.25. The van der Waals surface area contributed by atoms with Gasteiger partial charge in [0.1, 0.15) is 0 Å². The van der Waals surface area contributed by atoms with E-state index < -0.39 is 0 Å². The number of rotatable bonds is 11. The molecule has 1 fully saturated rings. The molecule has 0 bridgehead atoms. The van der Waals surface area contributed by atoms with E-state index in [1.54, 1.807) is 0 Å². The van der Waals surface area contributed by atoms with Crippen LogP contribution in [0.1, 0.15) is 51.4 Å². The number of hydrogen-bond acceptors (Lipinski definition) is 3. The largest absolute Gasteiger partial charge is 0.306 e. The van der Waals surface area contributed by atoms with Crippen LogP contribution < -0.4 is 0 Å². The Morgan fingerprint density at radius 1 is 1.05 bits per heavy atom. The van der Waals surface area contributed by atoms with Crippen molar-refractivity contribution in [3.05, 3.63) is 0 Å². The van der Waals surface area contributed by atoms with Gasteiger partial charge in [0, 0.05) is 13.1 Å². The van der Waals surface area contributed by atoms with Crippen LogP contribution in [0, 0.1) is 5.92 Å². The second-order valence-corrected chi connectivity index (χ2v) is 6.82. The SMILES string of the molecule is CN(CCCCCCCCCS)CC1CCN(C)C1. The smallest absolute Gasteiger partial charge is 0.00193 e. The standard InChI is InChI=1S/C16H34N2S/c1-17(14-16-10-12-18(2)15-16)11-8-6-4-3-5-7-9-13-19/h16,19H,3-15H2,1-2H3. The lowest BCUT2D eigenvalue weighted by Gasteiger charge is -2.20. The van der Waals surface area contributed by atoms with Gasteiger partial charge in [-0.1, -0.05) is 32.1 Å². The minimum absolute atomic E-state index is 0.913. The molecule has 1 rings (SSSR count). The lowest BCUT2D eigenvalue weighted by molar-refractivity contribution is 0.268. The van der Waals surface area contributed by atoms with E-state index in [0.717, 1.165) is 11.7 Å². The molecule has 19 heavy (non-hydrogen) atoms. The third kappa shape index (κ3) is 8.93. The van der Waals surface area contributed by atoms with Crippen LogP contribution in [0.3, 0.4) is 0 Å². The van der Waals surface area contributed by atoms with Crippen LogP contribution in [0.5, 0.6) is 0 Å². The minimum Gasteiger partial charge on any atom is -0.306 e. The molecule has 0 saturated carbocycles. The first kappa shape index (κ1) is 17.3. The predicted octanol–water partition coefficient (Wildman–Crippen LogP) is 3.53. The van der Waals surface area contributed by atoms with Gasteiger partial charge in [0.25, 0.3) is 0 Å². The first-order valence-corrected chi connectivity index (χ1v) is 8.83. The van der Waals surface area contributed by atoms with Crippen LogP contribution in [0.25, 0.3) is 0 Å². The highest BCUT2D eigenvalue weighted by Gasteiger charge is 2.20. The zero-order valence-electron chi connectivity index (χ0n) is 13.1. The molecule has 0 aromatic rings. The second kappa shape index (κ2) is 11.0. The van der Waals surface area contributed by atoms with Crippen molar-refractivity contribution < 1.29 is 0 Å². The summed E-state index contributed by atoms with van der Waals surface area (Å²) in [4.78, 5) is 5.01. The fourth-order valence-electron chi connectivity index (χ4n) is 3.08. The van der Waals surface area contributed by atoms with Crippen molar-refractivity contribution in [1.29, 1.82) is 0 Å². The Bertz CT molecular complexity index is 211. The van der Waals surface area contributed by atoms with Crippen molar-refractivity contribution in [2.75, 3.05) is 46.0 Å². The lowest BCUT2D eigenvalue weighted by atomic mass is 10.1. The maximum absolute atomic E-state index is 4.25. The second-order valence-electron chi connectivity index (χ2n) is 6.38. The molecule has 0 amide bonds. The quantitative estimate of drug-likeness (QED) is 0.458. The van der Waals surface area contributed by atoms with Gasteiger partial charge in [-0.05, 0) is 58.1 Å². The van der Waals surface area contributed by atoms with Gasteiger partial charge in [-0.15, -0.1) is 0 Å². The molecule has 114 valence electrons. The van der Waals surface area contributed by atoms with Crippen molar-refractivity contribution in [2.45, 2.75) is 51.4 Å². The summed E-state index contributed by atoms with van der Waals surface area (Å²) in [6.45, 7) is 5.18. The highest BCUT2D eigenvalue weighted by Crippen LogP contribution is 2.15. The average molecular weight is 287 g/mol. The molecule has 1 aliphatic heterocycles. The molecule has 0 spiro atoms. The zero-order chi connectivity index (χ0) is 13.9.